The van der Waals surface area contributed by atoms with Crippen molar-refractivity contribution in [2.45, 2.75) is 64.7 Å². The summed E-state index contributed by atoms with van der Waals surface area (Å²) in [5.41, 5.74) is 0. The minimum absolute atomic E-state index is 0.135. The zero-order chi connectivity index (χ0) is 11.7. The van der Waals surface area contributed by atoms with Crippen molar-refractivity contribution in [1.29, 1.82) is 0 Å². The second kappa shape index (κ2) is 9.56. The molecule has 78 valence electrons. The molecule has 13 heavy (non-hydrogen) atoms. The molecule has 2 nitrogen and oxygen atoms in total. The van der Waals surface area contributed by atoms with Crippen LogP contribution in [0.3, 0.4) is 0 Å². The molecule has 0 fully saturated rings. The van der Waals surface area contributed by atoms with Gasteiger partial charge in [0.25, 0.3) is 0 Å². The average molecular weight is 188 g/mol. The van der Waals surface area contributed by atoms with E-state index in [1.165, 1.54) is 25.7 Å². The minimum Gasteiger partial charge on any atom is -0.481 e. The van der Waals surface area contributed by atoms with Crippen LogP contribution in [0.15, 0.2) is 0 Å². The van der Waals surface area contributed by atoms with Crippen molar-refractivity contribution in [2.24, 2.45) is 0 Å². The van der Waals surface area contributed by atoms with Crippen LogP contribution in [0.1, 0.15) is 67.4 Å². The van der Waals surface area contributed by atoms with Gasteiger partial charge in [-0.15, -0.1) is 0 Å². The SMILES string of the molecule is [2H]C([2H])(CCCCCCCCC)C(=O)O. The van der Waals surface area contributed by atoms with Crippen molar-refractivity contribution in [2.75, 3.05) is 0 Å². The van der Waals surface area contributed by atoms with E-state index in [-0.39, 0.29) is 6.42 Å². The maximum atomic E-state index is 10.5. The van der Waals surface area contributed by atoms with Gasteiger partial charge >= 0.3 is 5.97 Å². The maximum absolute atomic E-state index is 10.5. The number of rotatable bonds is 9. The summed E-state index contributed by atoms with van der Waals surface area (Å²) in [4.78, 5) is 10.5. The molecule has 0 atom stereocenters. The van der Waals surface area contributed by atoms with Gasteiger partial charge in [-0.1, -0.05) is 51.9 Å². The Bertz CT molecular complexity index is 181. The zero-order valence-electron chi connectivity index (χ0n) is 10.5. The molecule has 0 saturated heterocycles. The number of unbranched alkanes of at least 4 members (excludes halogenated alkanes) is 6. The predicted octanol–water partition coefficient (Wildman–Crippen LogP) is 3.60. The van der Waals surface area contributed by atoms with Crippen LogP contribution in [0.25, 0.3) is 0 Å². The van der Waals surface area contributed by atoms with E-state index in [4.69, 9.17) is 7.85 Å². The van der Waals surface area contributed by atoms with Gasteiger partial charge in [0.1, 0.15) is 0 Å². The summed E-state index contributed by atoms with van der Waals surface area (Å²) in [7, 11) is 0. The minimum atomic E-state index is -2.04. The topological polar surface area (TPSA) is 37.3 Å². The lowest BCUT2D eigenvalue weighted by molar-refractivity contribution is -0.137. The van der Waals surface area contributed by atoms with Gasteiger partial charge in [-0.05, 0) is 6.42 Å². The third kappa shape index (κ3) is 11.5. The van der Waals surface area contributed by atoms with Crippen LogP contribution < -0.4 is 0 Å². The Hall–Kier alpha value is -0.530. The molecule has 0 aliphatic carbocycles. The lowest BCUT2D eigenvalue weighted by atomic mass is 10.1. The maximum Gasteiger partial charge on any atom is 0.303 e. The van der Waals surface area contributed by atoms with E-state index < -0.39 is 12.3 Å². The van der Waals surface area contributed by atoms with E-state index in [1.807, 2.05) is 0 Å². The van der Waals surface area contributed by atoms with Crippen LogP contribution in [0.2, 0.25) is 0 Å². The van der Waals surface area contributed by atoms with E-state index in [9.17, 15) is 4.79 Å². The standard InChI is InChI=1S/C11H22O2/c1-2-3-4-5-6-7-8-9-10-11(12)13/h2-10H2,1H3,(H,12,13)/i10D2. The van der Waals surface area contributed by atoms with Gasteiger partial charge < -0.3 is 5.11 Å². The zero-order valence-corrected chi connectivity index (χ0v) is 8.51. The molecule has 0 rings (SSSR count). The Kier molecular flexibility index (Phi) is 6.65. The Balaban J connectivity index is 3.35. The van der Waals surface area contributed by atoms with E-state index in [0.29, 0.717) is 6.42 Å². The summed E-state index contributed by atoms with van der Waals surface area (Å²) in [5.74, 6) is -1.34. The first-order valence-electron chi connectivity index (χ1n) is 6.24. The van der Waals surface area contributed by atoms with Crippen molar-refractivity contribution in [3.05, 3.63) is 0 Å². The first-order chi connectivity index (χ1) is 7.00. The first-order valence-corrected chi connectivity index (χ1v) is 5.24. The third-order valence-corrected chi connectivity index (χ3v) is 2.06. The van der Waals surface area contributed by atoms with Crippen LogP contribution in [0, 0.1) is 0 Å². The fraction of sp³-hybridized carbons (Fsp3) is 0.909. The van der Waals surface area contributed by atoms with E-state index in [2.05, 4.69) is 6.92 Å². The van der Waals surface area contributed by atoms with Gasteiger partial charge in [-0.2, -0.15) is 0 Å². The molecule has 0 aromatic rings. The summed E-state index contributed by atoms with van der Waals surface area (Å²) in [6.07, 6.45) is 5.71. The highest BCUT2D eigenvalue weighted by molar-refractivity contribution is 5.66. The van der Waals surface area contributed by atoms with Gasteiger partial charge in [0.05, 0.1) is 0 Å². The number of carboxylic acid groups (broad SMARTS) is 1. The lowest BCUT2D eigenvalue weighted by Crippen LogP contribution is -1.93. The predicted molar refractivity (Wildman–Crippen MR) is 54.9 cm³/mol. The van der Waals surface area contributed by atoms with Crippen molar-refractivity contribution in [1.82, 2.24) is 0 Å². The van der Waals surface area contributed by atoms with Crippen molar-refractivity contribution in [3.63, 3.8) is 0 Å². The number of carbonyl (C=O) groups is 1. The third-order valence-electron chi connectivity index (χ3n) is 2.06. The lowest BCUT2D eigenvalue weighted by Gasteiger charge is -1.99. The monoisotopic (exact) mass is 188 g/mol. The molecule has 0 bridgehead atoms. The van der Waals surface area contributed by atoms with Crippen LogP contribution in [-0.2, 0) is 4.79 Å². The molecular formula is C11H22O2. The summed E-state index contributed by atoms with van der Waals surface area (Å²) in [5, 5.41) is 8.54. The fourth-order valence-corrected chi connectivity index (χ4v) is 1.28. The van der Waals surface area contributed by atoms with E-state index >= 15 is 0 Å². The molecule has 0 amide bonds. The summed E-state index contributed by atoms with van der Waals surface area (Å²) < 4.78 is 14.4. The number of hydrogen-bond acceptors (Lipinski definition) is 1. The van der Waals surface area contributed by atoms with E-state index in [0.717, 1.165) is 12.8 Å². The molecule has 1 N–H and O–H groups in total. The molecule has 0 unspecified atom stereocenters. The van der Waals surface area contributed by atoms with Crippen LogP contribution in [0.4, 0.5) is 0 Å². The largest absolute Gasteiger partial charge is 0.481 e. The first kappa shape index (κ1) is 9.04. The average Bonchev–Trinajstić information content (AvgIpc) is 2.16. The highest BCUT2D eigenvalue weighted by Crippen LogP contribution is 2.09. The molecule has 0 aliphatic rings. The number of carboxylic acids is 1. The second-order valence-electron chi connectivity index (χ2n) is 3.35. The van der Waals surface area contributed by atoms with Crippen LogP contribution in [-0.4, -0.2) is 11.1 Å². The number of hydrogen-bond donors (Lipinski definition) is 1. The highest BCUT2D eigenvalue weighted by Gasteiger charge is 1.95. The molecular weight excluding hydrogens is 164 g/mol. The molecule has 0 spiro atoms. The van der Waals surface area contributed by atoms with Crippen molar-refractivity contribution < 1.29 is 12.6 Å². The smallest absolute Gasteiger partial charge is 0.303 e. The molecule has 0 aromatic heterocycles. The molecule has 2 heteroatoms. The summed E-state index contributed by atoms with van der Waals surface area (Å²) in [6, 6.07) is 0. The second-order valence-corrected chi connectivity index (χ2v) is 3.35. The Labute approximate surface area is 84.2 Å². The normalized spacial score (nSPS) is 13.6. The van der Waals surface area contributed by atoms with Crippen LogP contribution in [0.5, 0.6) is 0 Å². The fourth-order valence-electron chi connectivity index (χ4n) is 1.28. The van der Waals surface area contributed by atoms with Crippen molar-refractivity contribution in [3.8, 4) is 0 Å². The van der Waals surface area contributed by atoms with E-state index in [1.54, 1.807) is 0 Å². The number of aliphatic carboxylic acids is 1. The quantitative estimate of drug-likeness (QED) is 0.561. The molecule has 0 saturated carbocycles. The molecule has 0 heterocycles. The van der Waals surface area contributed by atoms with Crippen molar-refractivity contribution >= 4 is 5.97 Å². The Morgan fingerprint density at radius 1 is 1.08 bits per heavy atom. The molecule has 0 aromatic carbocycles. The van der Waals surface area contributed by atoms with Gasteiger partial charge in [0.2, 0.25) is 0 Å². The molecule has 0 radical (unpaired) electrons. The Morgan fingerprint density at radius 2 is 1.54 bits per heavy atom. The van der Waals surface area contributed by atoms with Gasteiger partial charge in [0.15, 0.2) is 0 Å². The highest BCUT2D eigenvalue weighted by atomic mass is 16.4. The van der Waals surface area contributed by atoms with Gasteiger partial charge in [-0.3, -0.25) is 4.79 Å². The summed E-state index contributed by atoms with van der Waals surface area (Å²) >= 11 is 0. The van der Waals surface area contributed by atoms with Crippen LogP contribution >= 0.6 is 0 Å². The Morgan fingerprint density at radius 3 is 2.00 bits per heavy atom. The van der Waals surface area contributed by atoms with Gasteiger partial charge in [0, 0.05) is 9.11 Å². The molecule has 0 aliphatic heterocycles. The summed E-state index contributed by atoms with van der Waals surface area (Å²) in [6.45, 7) is 2.17. The van der Waals surface area contributed by atoms with Gasteiger partial charge in [-0.25, -0.2) is 0 Å².